The average Bonchev–Trinajstić information content (AvgIpc) is 2.64. The van der Waals surface area contributed by atoms with E-state index >= 15 is 0 Å². The van der Waals surface area contributed by atoms with E-state index < -0.39 is 11.7 Å². The zero-order valence-electron chi connectivity index (χ0n) is 17.8. The molecule has 3 amide bonds. The number of carbonyl (C=O) groups excluding carboxylic acids is 3. The molecule has 0 aliphatic rings. The summed E-state index contributed by atoms with van der Waals surface area (Å²) in [6.45, 7) is 6.48. The second-order valence-electron chi connectivity index (χ2n) is 7.54. The number of hydrogen-bond donors (Lipinski definition) is 3. The van der Waals surface area contributed by atoms with Gasteiger partial charge >= 0.3 is 6.09 Å². The van der Waals surface area contributed by atoms with Crippen molar-refractivity contribution in [1.82, 2.24) is 16.0 Å². The minimum atomic E-state index is -0.566. The maximum Gasteiger partial charge on any atom is 0.407 e. The number of carbonyl (C=O) groups is 3. The number of alkyl carbamates (subject to hydrolysis) is 1. The van der Waals surface area contributed by atoms with Gasteiger partial charge in [-0.25, -0.2) is 4.79 Å². The Morgan fingerprint density at radius 1 is 0.897 bits per heavy atom. The summed E-state index contributed by atoms with van der Waals surface area (Å²) in [6, 6.07) is 7.63. The van der Waals surface area contributed by atoms with E-state index in [1.54, 1.807) is 27.9 Å². The van der Waals surface area contributed by atoms with Crippen molar-refractivity contribution in [3.8, 4) is 5.75 Å². The van der Waals surface area contributed by atoms with E-state index in [4.69, 9.17) is 9.47 Å². The molecule has 0 aliphatic carbocycles. The fourth-order valence-corrected chi connectivity index (χ4v) is 2.47. The van der Waals surface area contributed by atoms with Gasteiger partial charge in [-0.3, -0.25) is 9.59 Å². The maximum atomic E-state index is 11.9. The highest BCUT2D eigenvalue weighted by molar-refractivity contribution is 5.77. The van der Waals surface area contributed by atoms with Crippen LogP contribution in [0.3, 0.4) is 0 Å². The van der Waals surface area contributed by atoms with E-state index in [2.05, 4.69) is 16.0 Å². The van der Waals surface area contributed by atoms with Crippen LogP contribution in [0.1, 0.15) is 45.6 Å². The van der Waals surface area contributed by atoms with E-state index in [-0.39, 0.29) is 24.8 Å². The van der Waals surface area contributed by atoms with Crippen molar-refractivity contribution in [2.45, 2.75) is 52.1 Å². The minimum Gasteiger partial charge on any atom is -0.496 e. The lowest BCUT2D eigenvalue weighted by Crippen LogP contribution is -2.35. The van der Waals surface area contributed by atoms with Gasteiger partial charge in [0.15, 0.2) is 0 Å². The standard InChI is InChI=1S/C21H33N3O5/c1-21(2,3)29-20(27)24-15-12-19(26)23-14-7-13-22-18(25)11-10-16-8-5-6-9-17(16)28-4/h5-6,8-9H,7,10-15H2,1-4H3,(H,22,25)(H,23,26)(H,24,27). The molecule has 0 aliphatic heterocycles. The second-order valence-corrected chi connectivity index (χ2v) is 7.54. The van der Waals surface area contributed by atoms with Crippen LogP contribution in [-0.2, 0) is 20.7 Å². The molecule has 1 rings (SSSR count). The van der Waals surface area contributed by atoms with Crippen LogP contribution < -0.4 is 20.7 Å². The molecule has 0 heterocycles. The molecule has 0 bridgehead atoms. The molecule has 162 valence electrons. The first-order chi connectivity index (χ1) is 13.7. The molecule has 0 atom stereocenters. The van der Waals surface area contributed by atoms with Gasteiger partial charge in [0.05, 0.1) is 7.11 Å². The zero-order chi connectivity index (χ0) is 21.7. The summed E-state index contributed by atoms with van der Waals surface area (Å²) in [5.74, 6) is 0.580. The Morgan fingerprint density at radius 3 is 2.14 bits per heavy atom. The van der Waals surface area contributed by atoms with Gasteiger partial charge in [-0.2, -0.15) is 0 Å². The monoisotopic (exact) mass is 407 g/mol. The van der Waals surface area contributed by atoms with Crippen molar-refractivity contribution in [2.24, 2.45) is 0 Å². The number of para-hydroxylation sites is 1. The summed E-state index contributed by atoms with van der Waals surface area (Å²) in [4.78, 5) is 35.1. The number of methoxy groups -OCH3 is 1. The second kappa shape index (κ2) is 12.6. The van der Waals surface area contributed by atoms with E-state index in [0.717, 1.165) is 11.3 Å². The number of benzene rings is 1. The lowest BCUT2D eigenvalue weighted by atomic mass is 10.1. The molecule has 0 saturated carbocycles. The van der Waals surface area contributed by atoms with Crippen molar-refractivity contribution >= 4 is 17.9 Å². The summed E-state index contributed by atoms with van der Waals surface area (Å²) >= 11 is 0. The van der Waals surface area contributed by atoms with Crippen LogP contribution in [0, 0.1) is 0 Å². The van der Waals surface area contributed by atoms with Gasteiger partial charge in [0, 0.05) is 32.5 Å². The SMILES string of the molecule is COc1ccccc1CCC(=O)NCCCNC(=O)CCNC(=O)OC(C)(C)C. The molecule has 1 aromatic rings. The van der Waals surface area contributed by atoms with Gasteiger partial charge in [0.1, 0.15) is 11.4 Å². The van der Waals surface area contributed by atoms with Crippen molar-refractivity contribution in [3.05, 3.63) is 29.8 Å². The summed E-state index contributed by atoms with van der Waals surface area (Å²) < 4.78 is 10.4. The molecule has 0 radical (unpaired) electrons. The predicted molar refractivity (Wildman–Crippen MR) is 111 cm³/mol. The molecule has 29 heavy (non-hydrogen) atoms. The van der Waals surface area contributed by atoms with E-state index in [1.807, 2.05) is 24.3 Å². The first-order valence-corrected chi connectivity index (χ1v) is 9.83. The normalized spacial score (nSPS) is 10.8. The molecule has 0 saturated heterocycles. The Kier molecular flexibility index (Phi) is 10.6. The van der Waals surface area contributed by atoms with Crippen LogP contribution in [0.2, 0.25) is 0 Å². The van der Waals surface area contributed by atoms with Crippen molar-refractivity contribution in [3.63, 3.8) is 0 Å². The Bertz CT molecular complexity index is 671. The highest BCUT2D eigenvalue weighted by atomic mass is 16.6. The van der Waals surface area contributed by atoms with Crippen LogP contribution in [0.15, 0.2) is 24.3 Å². The number of ether oxygens (including phenoxy) is 2. The van der Waals surface area contributed by atoms with E-state index in [1.165, 1.54) is 0 Å². The van der Waals surface area contributed by atoms with E-state index in [9.17, 15) is 14.4 Å². The molecular formula is C21H33N3O5. The summed E-state index contributed by atoms with van der Waals surface area (Å²) in [5.41, 5.74) is 0.432. The topological polar surface area (TPSA) is 106 Å². The van der Waals surface area contributed by atoms with Crippen LogP contribution >= 0.6 is 0 Å². The number of amides is 3. The Balaban J connectivity index is 2.07. The van der Waals surface area contributed by atoms with Gasteiger partial charge in [-0.15, -0.1) is 0 Å². The number of aryl methyl sites for hydroxylation is 1. The summed E-state index contributed by atoms with van der Waals surface area (Å²) in [6.07, 6.45) is 1.25. The van der Waals surface area contributed by atoms with E-state index in [0.29, 0.717) is 32.4 Å². The van der Waals surface area contributed by atoms with Gasteiger partial charge in [-0.1, -0.05) is 18.2 Å². The quantitative estimate of drug-likeness (QED) is 0.488. The molecule has 1 aromatic carbocycles. The number of nitrogens with one attached hydrogen (secondary N) is 3. The predicted octanol–water partition coefficient (Wildman–Crippen LogP) is 2.17. The molecule has 0 spiro atoms. The Hall–Kier alpha value is -2.77. The summed E-state index contributed by atoms with van der Waals surface area (Å²) in [5, 5.41) is 8.13. The first-order valence-electron chi connectivity index (χ1n) is 9.83. The van der Waals surface area contributed by atoms with Crippen LogP contribution in [0.25, 0.3) is 0 Å². The molecule has 8 nitrogen and oxygen atoms in total. The van der Waals surface area contributed by atoms with Gasteiger partial charge in [0.25, 0.3) is 0 Å². The average molecular weight is 408 g/mol. The molecule has 0 unspecified atom stereocenters. The lowest BCUT2D eigenvalue weighted by Gasteiger charge is -2.19. The minimum absolute atomic E-state index is 0.0382. The van der Waals surface area contributed by atoms with Crippen LogP contribution in [0.5, 0.6) is 5.75 Å². The largest absolute Gasteiger partial charge is 0.496 e. The van der Waals surface area contributed by atoms with Crippen LogP contribution in [0.4, 0.5) is 4.79 Å². The molecule has 0 fully saturated rings. The van der Waals surface area contributed by atoms with Crippen molar-refractivity contribution in [1.29, 1.82) is 0 Å². The third-order valence-electron chi connectivity index (χ3n) is 3.83. The third-order valence-corrected chi connectivity index (χ3v) is 3.83. The zero-order valence-corrected chi connectivity index (χ0v) is 17.8. The van der Waals surface area contributed by atoms with Gasteiger partial charge in [-0.05, 0) is 45.2 Å². The fourth-order valence-electron chi connectivity index (χ4n) is 2.47. The lowest BCUT2D eigenvalue weighted by molar-refractivity contribution is -0.121. The highest BCUT2D eigenvalue weighted by Crippen LogP contribution is 2.18. The molecular weight excluding hydrogens is 374 g/mol. The van der Waals surface area contributed by atoms with Crippen LogP contribution in [-0.4, -0.2) is 50.3 Å². The highest BCUT2D eigenvalue weighted by Gasteiger charge is 2.15. The summed E-state index contributed by atoms with van der Waals surface area (Å²) in [7, 11) is 1.61. The van der Waals surface area contributed by atoms with Crippen molar-refractivity contribution in [2.75, 3.05) is 26.7 Å². The maximum absolute atomic E-state index is 11.9. The first kappa shape index (κ1) is 24.3. The number of rotatable bonds is 11. The van der Waals surface area contributed by atoms with Crippen molar-refractivity contribution < 1.29 is 23.9 Å². The Labute approximate surface area is 172 Å². The molecule has 8 heteroatoms. The number of hydrogen-bond acceptors (Lipinski definition) is 5. The molecule has 0 aromatic heterocycles. The fraction of sp³-hybridized carbons (Fsp3) is 0.571. The third kappa shape index (κ3) is 11.6. The smallest absolute Gasteiger partial charge is 0.407 e. The Morgan fingerprint density at radius 2 is 1.52 bits per heavy atom. The van der Waals surface area contributed by atoms with Gasteiger partial charge < -0.3 is 25.4 Å². The van der Waals surface area contributed by atoms with Gasteiger partial charge in [0.2, 0.25) is 11.8 Å². The molecule has 3 N–H and O–H groups in total.